The van der Waals surface area contributed by atoms with Crippen LogP contribution in [0.2, 0.25) is 0 Å². The predicted octanol–water partition coefficient (Wildman–Crippen LogP) is -1.66. The van der Waals surface area contributed by atoms with Crippen LogP contribution in [-0.4, -0.2) is 37.6 Å². The number of nitrogens with one attached hydrogen (secondary N) is 1. The Morgan fingerprint density at radius 2 is 2.14 bits per heavy atom. The van der Waals surface area contributed by atoms with Gasteiger partial charge in [0.25, 0.3) is 0 Å². The summed E-state index contributed by atoms with van der Waals surface area (Å²) in [6.45, 7) is 2.29. The monoisotopic (exact) mass is 203 g/mol. The van der Waals surface area contributed by atoms with Gasteiger partial charge in [0.15, 0.2) is 0 Å². The third-order valence-electron chi connectivity index (χ3n) is 1.57. The first-order valence-electron chi connectivity index (χ1n) is 4.47. The van der Waals surface area contributed by atoms with Gasteiger partial charge in [-0.25, -0.2) is 0 Å². The highest BCUT2D eigenvalue weighted by molar-refractivity contribution is 5.81. The van der Waals surface area contributed by atoms with Crippen LogP contribution in [-0.2, 0) is 14.3 Å². The fourth-order valence-corrected chi connectivity index (χ4v) is 0.736. The van der Waals surface area contributed by atoms with Crippen LogP contribution in [0.25, 0.3) is 0 Å². The number of carbonyl (C=O) groups is 2. The molecule has 0 aliphatic rings. The van der Waals surface area contributed by atoms with E-state index in [2.05, 4.69) is 5.32 Å². The Balaban J connectivity index is 3.36. The fourth-order valence-electron chi connectivity index (χ4n) is 0.736. The van der Waals surface area contributed by atoms with Crippen LogP contribution in [0, 0.1) is 0 Å². The molecule has 82 valence electrons. The smallest absolute Gasteiger partial charge is 0.243 e. The SMILES string of the molecule is CC[C@H](N)C(=O)NCCOCC(N)=O. The van der Waals surface area contributed by atoms with Gasteiger partial charge < -0.3 is 21.5 Å². The maximum atomic E-state index is 11.1. The summed E-state index contributed by atoms with van der Waals surface area (Å²) in [4.78, 5) is 21.3. The maximum absolute atomic E-state index is 11.1. The van der Waals surface area contributed by atoms with E-state index in [0.29, 0.717) is 13.0 Å². The van der Waals surface area contributed by atoms with E-state index in [1.807, 2.05) is 6.92 Å². The summed E-state index contributed by atoms with van der Waals surface area (Å²) in [5.41, 5.74) is 10.3. The first-order chi connectivity index (χ1) is 6.57. The maximum Gasteiger partial charge on any atom is 0.243 e. The quantitative estimate of drug-likeness (QED) is 0.430. The van der Waals surface area contributed by atoms with Crippen molar-refractivity contribution in [2.75, 3.05) is 19.8 Å². The summed E-state index contributed by atoms with van der Waals surface area (Å²) >= 11 is 0. The van der Waals surface area contributed by atoms with Crippen molar-refractivity contribution in [3.05, 3.63) is 0 Å². The van der Waals surface area contributed by atoms with Crippen LogP contribution in [0.15, 0.2) is 0 Å². The number of carbonyl (C=O) groups excluding carboxylic acids is 2. The van der Waals surface area contributed by atoms with Crippen molar-refractivity contribution >= 4 is 11.8 Å². The fraction of sp³-hybridized carbons (Fsp3) is 0.750. The van der Waals surface area contributed by atoms with Gasteiger partial charge in [-0.2, -0.15) is 0 Å². The van der Waals surface area contributed by atoms with Crippen LogP contribution in [0.1, 0.15) is 13.3 Å². The normalized spacial score (nSPS) is 12.1. The van der Waals surface area contributed by atoms with Crippen molar-refractivity contribution < 1.29 is 14.3 Å². The highest BCUT2D eigenvalue weighted by Crippen LogP contribution is 1.84. The third kappa shape index (κ3) is 6.38. The van der Waals surface area contributed by atoms with Crippen molar-refractivity contribution in [1.29, 1.82) is 0 Å². The highest BCUT2D eigenvalue weighted by atomic mass is 16.5. The molecule has 0 radical (unpaired) electrons. The van der Waals surface area contributed by atoms with Crippen molar-refractivity contribution in [2.45, 2.75) is 19.4 Å². The molecule has 0 aliphatic heterocycles. The van der Waals surface area contributed by atoms with Gasteiger partial charge in [0.1, 0.15) is 6.61 Å². The third-order valence-corrected chi connectivity index (χ3v) is 1.57. The molecule has 0 aromatic rings. The van der Waals surface area contributed by atoms with E-state index in [9.17, 15) is 9.59 Å². The molecule has 6 heteroatoms. The van der Waals surface area contributed by atoms with E-state index in [4.69, 9.17) is 16.2 Å². The minimum absolute atomic E-state index is 0.129. The lowest BCUT2D eigenvalue weighted by Gasteiger charge is -2.09. The summed E-state index contributed by atoms with van der Waals surface area (Å²) in [5.74, 6) is -0.739. The molecule has 0 unspecified atom stereocenters. The van der Waals surface area contributed by atoms with Gasteiger partial charge in [-0.15, -0.1) is 0 Å². The Kier molecular flexibility index (Phi) is 6.69. The molecule has 6 nitrogen and oxygen atoms in total. The van der Waals surface area contributed by atoms with Gasteiger partial charge in [-0.3, -0.25) is 9.59 Å². The van der Waals surface area contributed by atoms with Crippen molar-refractivity contribution in [3.8, 4) is 0 Å². The molecule has 0 saturated carbocycles. The summed E-state index contributed by atoms with van der Waals surface area (Å²) < 4.78 is 4.83. The van der Waals surface area contributed by atoms with Crippen LogP contribution in [0.4, 0.5) is 0 Å². The summed E-state index contributed by atoms with van der Waals surface area (Å²) in [6, 6.07) is -0.480. The average Bonchev–Trinajstić information content (AvgIpc) is 2.15. The molecular weight excluding hydrogens is 186 g/mol. The molecule has 0 aromatic carbocycles. The lowest BCUT2D eigenvalue weighted by atomic mass is 10.2. The molecule has 0 rings (SSSR count). The molecule has 0 aromatic heterocycles. The van der Waals surface area contributed by atoms with E-state index in [1.165, 1.54) is 0 Å². The molecule has 5 N–H and O–H groups in total. The van der Waals surface area contributed by atoms with Crippen molar-refractivity contribution in [1.82, 2.24) is 5.32 Å². The first kappa shape index (κ1) is 12.9. The highest BCUT2D eigenvalue weighted by Gasteiger charge is 2.09. The van der Waals surface area contributed by atoms with E-state index >= 15 is 0 Å². The molecule has 0 saturated heterocycles. The van der Waals surface area contributed by atoms with Crippen LogP contribution in [0.5, 0.6) is 0 Å². The topological polar surface area (TPSA) is 107 Å². The van der Waals surface area contributed by atoms with Gasteiger partial charge in [0, 0.05) is 6.54 Å². The van der Waals surface area contributed by atoms with E-state index < -0.39 is 11.9 Å². The number of hydrogen-bond donors (Lipinski definition) is 3. The zero-order valence-corrected chi connectivity index (χ0v) is 8.29. The molecule has 1 atom stereocenters. The number of hydrogen-bond acceptors (Lipinski definition) is 4. The number of amides is 2. The van der Waals surface area contributed by atoms with Crippen LogP contribution < -0.4 is 16.8 Å². The van der Waals surface area contributed by atoms with Gasteiger partial charge in [-0.1, -0.05) is 6.92 Å². The molecular formula is C8H17N3O3. The Morgan fingerprint density at radius 1 is 1.50 bits per heavy atom. The molecule has 0 spiro atoms. The number of rotatable bonds is 7. The van der Waals surface area contributed by atoms with E-state index in [1.54, 1.807) is 0 Å². The molecule has 0 bridgehead atoms. The lowest BCUT2D eigenvalue weighted by Crippen LogP contribution is -2.41. The predicted molar refractivity (Wildman–Crippen MR) is 51.3 cm³/mol. The van der Waals surface area contributed by atoms with Gasteiger partial charge in [0.2, 0.25) is 11.8 Å². The van der Waals surface area contributed by atoms with Crippen LogP contribution >= 0.6 is 0 Å². The Labute approximate surface area is 83.0 Å². The van der Waals surface area contributed by atoms with Gasteiger partial charge in [-0.05, 0) is 6.42 Å². The largest absolute Gasteiger partial charge is 0.370 e. The summed E-state index contributed by atoms with van der Waals surface area (Å²) in [7, 11) is 0. The molecule has 2 amide bonds. The standard InChI is InChI=1S/C8H17N3O3/c1-2-6(9)8(13)11-3-4-14-5-7(10)12/h6H,2-5,9H2,1H3,(H2,10,12)(H,11,13)/t6-/m0/s1. The second-order valence-corrected chi connectivity index (χ2v) is 2.82. The zero-order chi connectivity index (χ0) is 11.0. The first-order valence-corrected chi connectivity index (χ1v) is 4.47. The van der Waals surface area contributed by atoms with Gasteiger partial charge in [0.05, 0.1) is 12.6 Å². The Morgan fingerprint density at radius 3 is 2.64 bits per heavy atom. The minimum Gasteiger partial charge on any atom is -0.370 e. The Hall–Kier alpha value is -1.14. The number of ether oxygens (including phenoxy) is 1. The summed E-state index contributed by atoms with van der Waals surface area (Å²) in [6.07, 6.45) is 0.591. The minimum atomic E-state index is -0.526. The number of primary amides is 1. The lowest BCUT2D eigenvalue weighted by molar-refractivity contribution is -0.123. The second kappa shape index (κ2) is 7.28. The molecule has 14 heavy (non-hydrogen) atoms. The summed E-state index contributed by atoms with van der Waals surface area (Å²) in [5, 5.41) is 2.57. The average molecular weight is 203 g/mol. The second-order valence-electron chi connectivity index (χ2n) is 2.82. The van der Waals surface area contributed by atoms with Crippen molar-refractivity contribution in [3.63, 3.8) is 0 Å². The van der Waals surface area contributed by atoms with E-state index in [0.717, 1.165) is 0 Å². The zero-order valence-electron chi connectivity index (χ0n) is 8.29. The van der Waals surface area contributed by atoms with E-state index in [-0.39, 0.29) is 19.1 Å². The molecule has 0 fully saturated rings. The van der Waals surface area contributed by atoms with Crippen LogP contribution in [0.3, 0.4) is 0 Å². The number of nitrogens with two attached hydrogens (primary N) is 2. The van der Waals surface area contributed by atoms with Gasteiger partial charge >= 0.3 is 0 Å². The Bertz CT molecular complexity index is 196. The van der Waals surface area contributed by atoms with Crippen molar-refractivity contribution in [2.24, 2.45) is 11.5 Å². The molecule has 0 heterocycles. The molecule has 0 aliphatic carbocycles.